The van der Waals surface area contributed by atoms with Gasteiger partial charge >= 0.3 is 0 Å². The molecule has 0 saturated carbocycles. The maximum atomic E-state index is 13.9. The number of rotatable bonds is 6. The molecule has 1 aromatic heterocycles. The molecule has 0 N–H and O–H groups in total. The van der Waals surface area contributed by atoms with Crippen LogP contribution in [0.25, 0.3) is 10.9 Å². The Labute approximate surface area is 168 Å². The molecule has 2 nitrogen and oxygen atoms in total. The Morgan fingerprint density at radius 3 is 2.85 bits per heavy atom. The van der Waals surface area contributed by atoms with Gasteiger partial charge in [0, 0.05) is 42.7 Å². The third-order valence-corrected chi connectivity index (χ3v) is 5.09. The van der Waals surface area contributed by atoms with Crippen molar-refractivity contribution in [1.82, 2.24) is 9.47 Å². The van der Waals surface area contributed by atoms with Gasteiger partial charge in [-0.15, -0.1) is 12.4 Å². The Kier molecular flexibility index (Phi) is 7.88. The highest BCUT2D eigenvalue weighted by Gasteiger charge is 2.22. The molecule has 0 radical (unpaired) electrons. The molecule has 146 valence electrons. The van der Waals surface area contributed by atoms with Crippen molar-refractivity contribution in [1.29, 1.82) is 0 Å². The van der Waals surface area contributed by atoms with Crippen LogP contribution in [0.1, 0.15) is 37.9 Å². The number of likely N-dealkylation sites (N-methyl/N-ethyl adjacent to an activating group) is 1. The highest BCUT2D eigenvalue weighted by atomic mass is 35.5. The number of hydrogen-bond acceptors (Lipinski definition) is 1. The number of benzene rings is 1. The standard InChI is InChI=1S/C23H29FN2.ClH/c1-4-6-7-9-18(8-5-2)12-15-26-22-11-10-19(24)16-20(22)21-17-25(3)14-13-23(21)26;/h5-11,16H,4,12-15,17H2,1-3H3;1H/b7-6+,8-5-,18-9+;. The van der Waals surface area contributed by atoms with Gasteiger partial charge in [0.15, 0.2) is 0 Å². The monoisotopic (exact) mass is 388 g/mol. The lowest BCUT2D eigenvalue weighted by Gasteiger charge is -2.24. The average Bonchev–Trinajstić information content (AvgIpc) is 2.92. The molecule has 2 heterocycles. The van der Waals surface area contributed by atoms with E-state index in [9.17, 15) is 4.39 Å². The molecule has 0 amide bonds. The van der Waals surface area contributed by atoms with Gasteiger partial charge in [0.05, 0.1) is 0 Å². The van der Waals surface area contributed by atoms with Crippen LogP contribution in [0.15, 0.2) is 54.2 Å². The van der Waals surface area contributed by atoms with Gasteiger partial charge in [-0.25, -0.2) is 4.39 Å². The summed E-state index contributed by atoms with van der Waals surface area (Å²) >= 11 is 0. The molecule has 0 atom stereocenters. The highest BCUT2D eigenvalue weighted by Crippen LogP contribution is 2.31. The van der Waals surface area contributed by atoms with E-state index in [1.807, 2.05) is 6.07 Å². The summed E-state index contributed by atoms with van der Waals surface area (Å²) in [6, 6.07) is 5.23. The summed E-state index contributed by atoms with van der Waals surface area (Å²) in [4.78, 5) is 2.32. The minimum atomic E-state index is -0.148. The number of fused-ring (bicyclic) bond motifs is 3. The van der Waals surface area contributed by atoms with Crippen molar-refractivity contribution < 1.29 is 4.39 Å². The number of allylic oxidation sites excluding steroid dienone is 6. The van der Waals surface area contributed by atoms with Crippen LogP contribution < -0.4 is 0 Å². The van der Waals surface area contributed by atoms with Gasteiger partial charge < -0.3 is 9.47 Å². The largest absolute Gasteiger partial charge is 0.344 e. The smallest absolute Gasteiger partial charge is 0.123 e. The fourth-order valence-corrected chi connectivity index (χ4v) is 3.82. The fourth-order valence-electron chi connectivity index (χ4n) is 3.82. The fraction of sp³-hybridized carbons (Fsp3) is 0.391. The summed E-state index contributed by atoms with van der Waals surface area (Å²) in [5.41, 5.74) is 5.17. The first kappa shape index (κ1) is 21.5. The minimum absolute atomic E-state index is 0. The van der Waals surface area contributed by atoms with Crippen LogP contribution in [0.3, 0.4) is 0 Å². The topological polar surface area (TPSA) is 8.17 Å². The maximum absolute atomic E-state index is 13.9. The van der Waals surface area contributed by atoms with E-state index in [0.29, 0.717) is 0 Å². The van der Waals surface area contributed by atoms with Crippen molar-refractivity contribution in [2.24, 2.45) is 0 Å². The predicted octanol–water partition coefficient (Wildman–Crippen LogP) is 6.05. The molecule has 27 heavy (non-hydrogen) atoms. The quantitative estimate of drug-likeness (QED) is 0.547. The van der Waals surface area contributed by atoms with Crippen LogP contribution >= 0.6 is 12.4 Å². The van der Waals surface area contributed by atoms with Gasteiger partial charge in [-0.1, -0.05) is 37.3 Å². The summed E-state index contributed by atoms with van der Waals surface area (Å²) < 4.78 is 16.3. The van der Waals surface area contributed by atoms with Gasteiger partial charge in [0.25, 0.3) is 0 Å². The Bertz CT molecular complexity index is 861. The van der Waals surface area contributed by atoms with Crippen LogP contribution in [0.2, 0.25) is 0 Å². The Morgan fingerprint density at radius 1 is 1.30 bits per heavy atom. The number of nitrogens with zero attached hydrogens (tertiary/aromatic N) is 2. The lowest BCUT2D eigenvalue weighted by molar-refractivity contribution is 0.309. The summed E-state index contributed by atoms with van der Waals surface area (Å²) in [5, 5.41) is 1.08. The molecule has 0 spiro atoms. The second-order valence-electron chi connectivity index (χ2n) is 7.05. The first-order valence-electron chi connectivity index (χ1n) is 9.60. The number of halogens is 2. The summed E-state index contributed by atoms with van der Waals surface area (Å²) in [6.45, 7) is 7.09. The molecule has 1 aromatic carbocycles. The molecule has 0 bridgehead atoms. The van der Waals surface area contributed by atoms with Gasteiger partial charge in [0.2, 0.25) is 0 Å². The zero-order valence-electron chi connectivity index (χ0n) is 16.5. The molecular formula is C23H30ClFN2. The zero-order valence-corrected chi connectivity index (χ0v) is 17.4. The summed E-state index contributed by atoms with van der Waals surface area (Å²) in [5.74, 6) is -0.148. The summed E-state index contributed by atoms with van der Waals surface area (Å²) in [7, 11) is 2.14. The van der Waals surface area contributed by atoms with Gasteiger partial charge in [0.1, 0.15) is 5.82 Å². The average molecular weight is 389 g/mol. The Balaban J connectivity index is 0.00000261. The molecule has 0 unspecified atom stereocenters. The lowest BCUT2D eigenvalue weighted by atomic mass is 10.0. The van der Waals surface area contributed by atoms with Gasteiger partial charge in [-0.05, 0) is 56.1 Å². The van der Waals surface area contributed by atoms with Crippen LogP contribution in [-0.4, -0.2) is 23.1 Å². The first-order valence-corrected chi connectivity index (χ1v) is 9.60. The van der Waals surface area contributed by atoms with Crippen LogP contribution in [0.5, 0.6) is 0 Å². The van der Waals surface area contributed by atoms with E-state index in [1.54, 1.807) is 12.1 Å². The summed E-state index contributed by atoms with van der Waals surface area (Å²) in [6.07, 6.45) is 13.9. The molecule has 0 aliphatic carbocycles. The van der Waals surface area contributed by atoms with Crippen molar-refractivity contribution in [2.75, 3.05) is 13.6 Å². The van der Waals surface area contributed by atoms with E-state index in [1.165, 1.54) is 16.8 Å². The van der Waals surface area contributed by atoms with E-state index >= 15 is 0 Å². The SMILES string of the molecule is C\C=C/C(=C\C=C\CC)CCn1c2c(c3cc(F)ccc31)CN(C)CC2.Cl. The minimum Gasteiger partial charge on any atom is -0.344 e. The lowest BCUT2D eigenvalue weighted by Crippen LogP contribution is -2.27. The Hall–Kier alpha value is -1.84. The molecule has 3 rings (SSSR count). The van der Waals surface area contributed by atoms with Gasteiger partial charge in [-0.2, -0.15) is 0 Å². The van der Waals surface area contributed by atoms with E-state index in [0.717, 1.165) is 49.8 Å². The van der Waals surface area contributed by atoms with Crippen LogP contribution in [-0.2, 0) is 19.5 Å². The first-order chi connectivity index (χ1) is 12.6. The van der Waals surface area contributed by atoms with Crippen molar-refractivity contribution in [3.05, 3.63) is 71.2 Å². The second kappa shape index (κ2) is 9.91. The molecule has 1 aliphatic rings. The second-order valence-corrected chi connectivity index (χ2v) is 7.05. The van der Waals surface area contributed by atoms with Crippen LogP contribution in [0.4, 0.5) is 4.39 Å². The molecule has 2 aromatic rings. The highest BCUT2D eigenvalue weighted by molar-refractivity contribution is 5.86. The van der Waals surface area contributed by atoms with Crippen molar-refractivity contribution in [2.45, 2.75) is 46.2 Å². The van der Waals surface area contributed by atoms with Gasteiger partial charge in [-0.3, -0.25) is 0 Å². The maximum Gasteiger partial charge on any atom is 0.123 e. The number of hydrogen-bond donors (Lipinski definition) is 0. The van der Waals surface area contributed by atoms with Crippen LogP contribution in [0, 0.1) is 5.82 Å². The third kappa shape index (κ3) is 4.91. The molecular weight excluding hydrogens is 359 g/mol. The zero-order chi connectivity index (χ0) is 18.5. The van der Waals surface area contributed by atoms with E-state index in [-0.39, 0.29) is 18.2 Å². The molecule has 0 saturated heterocycles. The number of aryl methyl sites for hydroxylation is 1. The van der Waals surface area contributed by atoms with Crippen molar-refractivity contribution in [3.8, 4) is 0 Å². The van der Waals surface area contributed by atoms with E-state index < -0.39 is 0 Å². The molecule has 1 aliphatic heterocycles. The number of aromatic nitrogens is 1. The predicted molar refractivity (Wildman–Crippen MR) is 116 cm³/mol. The van der Waals surface area contributed by atoms with E-state index in [2.05, 4.69) is 60.7 Å². The molecule has 4 heteroatoms. The third-order valence-electron chi connectivity index (χ3n) is 5.09. The Morgan fingerprint density at radius 2 is 2.11 bits per heavy atom. The van der Waals surface area contributed by atoms with Crippen molar-refractivity contribution in [3.63, 3.8) is 0 Å². The van der Waals surface area contributed by atoms with E-state index in [4.69, 9.17) is 0 Å². The normalized spacial score (nSPS) is 15.6. The molecule has 0 fully saturated rings. The van der Waals surface area contributed by atoms with Crippen molar-refractivity contribution >= 4 is 23.3 Å².